The number of ether oxygens (including phenoxy) is 1. The molecule has 0 aromatic rings. The van der Waals surface area contributed by atoms with Crippen molar-refractivity contribution < 1.29 is 46.2 Å². The summed E-state index contributed by atoms with van der Waals surface area (Å²) < 4.78 is 36.0. The van der Waals surface area contributed by atoms with E-state index in [1.54, 1.807) is 0 Å². The van der Waals surface area contributed by atoms with Crippen LogP contribution in [0.25, 0.3) is 0 Å². The molecule has 118 valence electrons. The molecule has 0 heterocycles. The van der Waals surface area contributed by atoms with Crippen molar-refractivity contribution in [2.45, 2.75) is 13.8 Å². The van der Waals surface area contributed by atoms with Gasteiger partial charge in [-0.15, -0.1) is 0 Å². The first-order valence-corrected chi connectivity index (χ1v) is 6.84. The summed E-state index contributed by atoms with van der Waals surface area (Å²) in [7, 11) is -4.67. The Kier molecular flexibility index (Phi) is 6.48. The highest BCUT2D eigenvalue weighted by molar-refractivity contribution is 7.79. The minimum absolute atomic E-state index is 0.0385. The minimum Gasteiger partial charge on any atom is -0.460 e. The lowest BCUT2D eigenvalue weighted by molar-refractivity contribution is -0.157. The summed E-state index contributed by atoms with van der Waals surface area (Å²) in [6.45, 7) is 2.68. The number of hydrogen-bond acceptors (Lipinski definition) is 8. The molecule has 0 aromatic heterocycles. The highest BCUT2D eigenvalue weighted by Gasteiger charge is 2.52. The van der Waals surface area contributed by atoms with Crippen LogP contribution in [0.5, 0.6) is 0 Å². The van der Waals surface area contributed by atoms with Crippen LogP contribution in [-0.4, -0.2) is 53.2 Å². The summed E-state index contributed by atoms with van der Waals surface area (Å²) in [4.78, 5) is 56.2. The van der Waals surface area contributed by atoms with Crippen LogP contribution in [0.15, 0.2) is 0 Å². The van der Waals surface area contributed by atoms with E-state index in [1.165, 1.54) is 13.8 Å². The van der Waals surface area contributed by atoms with E-state index in [0.29, 0.717) is 0 Å². The quantitative estimate of drug-likeness (QED) is 0.268. The van der Waals surface area contributed by atoms with Gasteiger partial charge in [-0.1, -0.05) is 0 Å². The Bertz CT molecular complexity index is 579. The molecule has 2 N–H and O–H groups in total. The van der Waals surface area contributed by atoms with Crippen molar-refractivity contribution in [2.24, 2.45) is 11.8 Å². The Labute approximate surface area is 119 Å². The first-order chi connectivity index (χ1) is 9.41. The molecule has 1 rings (SSSR count). The normalized spacial score (nSPS) is 21.6. The predicted octanol–water partition coefficient (Wildman–Crippen LogP) is -1.56. The third kappa shape index (κ3) is 5.49. The van der Waals surface area contributed by atoms with Crippen LogP contribution in [0.3, 0.4) is 0 Å². The molecule has 2 atom stereocenters. The molecule has 1 fully saturated rings. The molecule has 0 aliphatic heterocycles. The van der Waals surface area contributed by atoms with E-state index in [1.807, 2.05) is 0 Å². The number of hydrogen-bond donors (Lipinski definition) is 2. The van der Waals surface area contributed by atoms with E-state index in [4.69, 9.17) is 17.5 Å². The minimum atomic E-state index is -4.67. The molecule has 1 aliphatic carbocycles. The summed E-state index contributed by atoms with van der Waals surface area (Å²) in [6, 6.07) is 0. The highest BCUT2D eigenvalue weighted by Crippen LogP contribution is 2.21. The smallest absolute Gasteiger partial charge is 0.394 e. The molecule has 1 aliphatic rings. The zero-order valence-electron chi connectivity index (χ0n) is 10.9. The van der Waals surface area contributed by atoms with E-state index in [9.17, 15) is 24.0 Å². The third-order valence-corrected chi connectivity index (χ3v) is 2.35. The lowest BCUT2D eigenvalue weighted by Crippen LogP contribution is -2.33. The van der Waals surface area contributed by atoms with Crippen molar-refractivity contribution in [3.63, 3.8) is 0 Å². The topological polar surface area (TPSA) is 169 Å². The van der Waals surface area contributed by atoms with Crippen molar-refractivity contribution >= 4 is 39.5 Å². The fourth-order valence-electron chi connectivity index (χ4n) is 1.43. The molecule has 10 nitrogen and oxygen atoms in total. The molecule has 1 saturated carbocycles. The average molecular weight is 324 g/mol. The average Bonchev–Trinajstić information content (AvgIpc) is 2.51. The van der Waals surface area contributed by atoms with Crippen molar-refractivity contribution in [2.75, 3.05) is 6.61 Å². The summed E-state index contributed by atoms with van der Waals surface area (Å²) in [5.74, 6) is -8.31. The van der Waals surface area contributed by atoms with Crippen LogP contribution in [-0.2, 0) is 39.1 Å². The van der Waals surface area contributed by atoms with Crippen LogP contribution in [0.2, 0.25) is 0 Å². The van der Waals surface area contributed by atoms with Gasteiger partial charge in [-0.3, -0.25) is 28.3 Å². The summed E-state index contributed by atoms with van der Waals surface area (Å²) >= 11 is 0. The van der Waals surface area contributed by atoms with E-state index in [0.717, 1.165) is 0 Å². The van der Waals surface area contributed by atoms with E-state index >= 15 is 0 Å². The number of esters is 1. The molecule has 0 aromatic carbocycles. The standard InChI is InChI=1S/C10H10O6.H2O4S/c1-3-16-10(15)9(14)5-6(11)4(2)7(12)8(5)13;1-5(2,3)4/h4-5H,3H2,1-2H3;(H2,1,2,3,4). The maximum atomic E-state index is 11.4. The molecular weight excluding hydrogens is 312 g/mol. The molecule has 11 heteroatoms. The maximum absolute atomic E-state index is 11.4. The second-order valence-electron chi connectivity index (χ2n) is 3.82. The zero-order valence-corrected chi connectivity index (χ0v) is 11.7. The second-order valence-corrected chi connectivity index (χ2v) is 4.71. The number of carbonyl (C=O) groups excluding carboxylic acids is 5. The first kappa shape index (κ1) is 19.0. The molecule has 0 saturated heterocycles. The largest absolute Gasteiger partial charge is 0.460 e. The van der Waals surface area contributed by atoms with Crippen LogP contribution in [0, 0.1) is 11.8 Å². The Balaban J connectivity index is 0.000000690. The summed E-state index contributed by atoms with van der Waals surface area (Å²) in [5, 5.41) is 0. The fraction of sp³-hybridized carbons (Fsp3) is 0.500. The van der Waals surface area contributed by atoms with Gasteiger partial charge in [0.2, 0.25) is 11.6 Å². The SMILES string of the molecule is CCOC(=O)C(=O)C1C(=O)C(=O)C(C)C1=O.O=S(=O)(O)O. The number of ketones is 4. The van der Waals surface area contributed by atoms with E-state index in [-0.39, 0.29) is 6.61 Å². The van der Waals surface area contributed by atoms with Gasteiger partial charge in [0, 0.05) is 0 Å². The zero-order chi connectivity index (χ0) is 17.0. The molecule has 2 unspecified atom stereocenters. The molecule has 0 radical (unpaired) electrons. The highest BCUT2D eigenvalue weighted by atomic mass is 32.3. The van der Waals surface area contributed by atoms with Gasteiger partial charge in [-0.05, 0) is 13.8 Å². The summed E-state index contributed by atoms with van der Waals surface area (Å²) in [5.41, 5.74) is 0. The first-order valence-electron chi connectivity index (χ1n) is 5.44. The van der Waals surface area contributed by atoms with Crippen LogP contribution in [0.4, 0.5) is 0 Å². The van der Waals surface area contributed by atoms with Crippen molar-refractivity contribution in [3.8, 4) is 0 Å². The van der Waals surface area contributed by atoms with E-state index in [2.05, 4.69) is 4.74 Å². The molecule has 21 heavy (non-hydrogen) atoms. The summed E-state index contributed by atoms with van der Waals surface area (Å²) in [6.07, 6.45) is 0. The predicted molar refractivity (Wildman–Crippen MR) is 63.5 cm³/mol. The van der Waals surface area contributed by atoms with Crippen molar-refractivity contribution in [3.05, 3.63) is 0 Å². The van der Waals surface area contributed by atoms with Gasteiger partial charge < -0.3 is 4.74 Å². The molecule has 0 spiro atoms. The third-order valence-electron chi connectivity index (χ3n) is 2.35. The van der Waals surface area contributed by atoms with Gasteiger partial charge in [0.15, 0.2) is 11.7 Å². The van der Waals surface area contributed by atoms with E-state index < -0.39 is 51.3 Å². The lowest BCUT2D eigenvalue weighted by Gasteiger charge is -2.04. The van der Waals surface area contributed by atoms with Gasteiger partial charge in [0.05, 0.1) is 12.5 Å². The van der Waals surface area contributed by atoms with Crippen molar-refractivity contribution in [1.29, 1.82) is 0 Å². The van der Waals surface area contributed by atoms with Gasteiger partial charge in [-0.25, -0.2) is 4.79 Å². The molecule has 0 amide bonds. The number of rotatable bonds is 3. The Morgan fingerprint density at radius 1 is 1.14 bits per heavy atom. The Morgan fingerprint density at radius 3 is 1.86 bits per heavy atom. The van der Waals surface area contributed by atoms with Crippen LogP contribution < -0.4 is 0 Å². The van der Waals surface area contributed by atoms with Gasteiger partial charge in [-0.2, -0.15) is 8.42 Å². The van der Waals surface area contributed by atoms with Gasteiger partial charge in [0.1, 0.15) is 0 Å². The Morgan fingerprint density at radius 2 is 1.57 bits per heavy atom. The fourth-order valence-corrected chi connectivity index (χ4v) is 1.43. The second kappa shape index (κ2) is 7.15. The monoisotopic (exact) mass is 324 g/mol. The van der Waals surface area contributed by atoms with Crippen LogP contribution >= 0.6 is 0 Å². The van der Waals surface area contributed by atoms with Crippen LogP contribution in [0.1, 0.15) is 13.8 Å². The van der Waals surface area contributed by atoms with Gasteiger partial charge in [0.25, 0.3) is 5.78 Å². The number of carbonyl (C=O) groups is 5. The van der Waals surface area contributed by atoms with Crippen molar-refractivity contribution in [1.82, 2.24) is 0 Å². The lowest BCUT2D eigenvalue weighted by atomic mass is 9.99. The maximum Gasteiger partial charge on any atom is 0.394 e. The number of Topliss-reactive ketones (excluding diaryl/α,β-unsaturated/α-hetero) is 4. The Hall–Kier alpha value is -1.98. The molecule has 0 bridgehead atoms. The molecular formula is C10H12O10S. The van der Waals surface area contributed by atoms with Gasteiger partial charge >= 0.3 is 16.4 Å².